The van der Waals surface area contributed by atoms with Crippen LogP contribution in [0.2, 0.25) is 0 Å². The van der Waals surface area contributed by atoms with E-state index >= 15 is 0 Å². The smallest absolute Gasteiger partial charge is 0.178 e. The molecule has 1 fully saturated rings. The van der Waals surface area contributed by atoms with Crippen LogP contribution in [0, 0.1) is 6.92 Å². The highest BCUT2D eigenvalue weighted by atomic mass is 32.1. The van der Waals surface area contributed by atoms with Gasteiger partial charge in [-0.2, -0.15) is 0 Å². The molecule has 0 N–H and O–H groups in total. The second-order valence-corrected chi connectivity index (χ2v) is 5.45. The van der Waals surface area contributed by atoms with Crippen LogP contribution in [0.3, 0.4) is 0 Å². The van der Waals surface area contributed by atoms with Crippen molar-refractivity contribution in [3.63, 3.8) is 0 Å². The molecule has 4 heteroatoms. The Kier molecular flexibility index (Phi) is 3.17. The summed E-state index contributed by atoms with van der Waals surface area (Å²) in [7, 11) is 2.15. The minimum Gasteiger partial charge on any atom is -0.306 e. The molecule has 0 bridgehead atoms. The summed E-state index contributed by atoms with van der Waals surface area (Å²) in [5.41, 5.74) is 1.15. The molecule has 0 saturated carbocycles. The Labute approximate surface area is 94.1 Å². The highest BCUT2D eigenvalue weighted by Gasteiger charge is 2.23. The number of carbonyl (C=O) groups excluding carboxylic acids is 1. The third-order valence-corrected chi connectivity index (χ3v) is 3.87. The Morgan fingerprint density at radius 2 is 2.40 bits per heavy atom. The van der Waals surface area contributed by atoms with Gasteiger partial charge in [0.25, 0.3) is 0 Å². The van der Waals surface area contributed by atoms with Crippen molar-refractivity contribution < 1.29 is 4.79 Å². The average Bonchev–Trinajstić information content (AvgIpc) is 2.60. The fourth-order valence-corrected chi connectivity index (χ4v) is 3.07. The largest absolute Gasteiger partial charge is 0.306 e. The molecule has 2 heterocycles. The molecular weight excluding hydrogens is 208 g/mol. The van der Waals surface area contributed by atoms with Crippen LogP contribution in [0.5, 0.6) is 0 Å². The lowest BCUT2D eigenvalue weighted by Gasteiger charge is -2.29. The predicted octanol–water partition coefficient (Wildman–Crippen LogP) is 2.07. The number of aromatic nitrogens is 1. The van der Waals surface area contributed by atoms with Gasteiger partial charge in [0.05, 0.1) is 5.69 Å². The number of thiazole rings is 1. The van der Waals surface area contributed by atoms with Crippen LogP contribution in [0.4, 0.5) is 0 Å². The van der Waals surface area contributed by atoms with E-state index in [-0.39, 0.29) is 0 Å². The van der Waals surface area contributed by atoms with Crippen LogP contribution >= 0.6 is 11.3 Å². The summed E-state index contributed by atoms with van der Waals surface area (Å²) in [5.74, 6) is 0.522. The van der Waals surface area contributed by atoms with Gasteiger partial charge in [0, 0.05) is 17.3 Å². The molecule has 0 radical (unpaired) electrons. The number of rotatable bonds is 2. The van der Waals surface area contributed by atoms with Crippen molar-refractivity contribution in [1.29, 1.82) is 0 Å². The molecule has 0 aromatic carbocycles. The maximum Gasteiger partial charge on any atom is 0.178 e. The lowest BCUT2D eigenvalue weighted by Crippen LogP contribution is -2.31. The van der Waals surface area contributed by atoms with E-state index in [2.05, 4.69) is 23.9 Å². The normalized spacial score (nSPS) is 22.9. The van der Waals surface area contributed by atoms with Crippen LogP contribution in [0.1, 0.15) is 39.1 Å². The number of likely N-dealkylation sites (tertiary alicyclic amines) is 1. The molecule has 1 aromatic heterocycles. The highest BCUT2D eigenvalue weighted by molar-refractivity contribution is 7.13. The molecule has 1 atom stereocenters. The summed E-state index contributed by atoms with van der Waals surface area (Å²) in [5, 5.41) is 0.621. The van der Waals surface area contributed by atoms with Crippen LogP contribution in [-0.2, 0) is 0 Å². The van der Waals surface area contributed by atoms with Gasteiger partial charge in [-0.05, 0) is 33.4 Å². The summed E-state index contributed by atoms with van der Waals surface area (Å²) in [6, 6.07) is 0. The predicted molar refractivity (Wildman–Crippen MR) is 61.7 cm³/mol. The van der Waals surface area contributed by atoms with Gasteiger partial charge in [-0.15, -0.1) is 11.3 Å². The van der Waals surface area contributed by atoms with E-state index in [0.717, 1.165) is 18.5 Å². The number of nitrogens with zero attached hydrogens (tertiary/aromatic N) is 2. The maximum absolute atomic E-state index is 10.7. The van der Waals surface area contributed by atoms with Crippen LogP contribution in [0.15, 0.2) is 0 Å². The van der Waals surface area contributed by atoms with Crippen molar-refractivity contribution in [2.75, 3.05) is 20.1 Å². The van der Waals surface area contributed by atoms with Crippen molar-refractivity contribution in [2.45, 2.75) is 25.7 Å². The van der Waals surface area contributed by atoms with E-state index < -0.39 is 0 Å². The Morgan fingerprint density at radius 1 is 1.60 bits per heavy atom. The molecule has 1 unspecified atom stereocenters. The second kappa shape index (κ2) is 4.41. The van der Waals surface area contributed by atoms with Crippen LogP contribution < -0.4 is 0 Å². The monoisotopic (exact) mass is 224 g/mol. The Hall–Kier alpha value is -0.740. The van der Waals surface area contributed by atoms with Crippen LogP contribution in [0.25, 0.3) is 0 Å². The van der Waals surface area contributed by atoms with Crippen molar-refractivity contribution >= 4 is 17.6 Å². The molecular formula is C11H16N2OS. The summed E-state index contributed by atoms with van der Waals surface area (Å²) < 4.78 is 0. The van der Waals surface area contributed by atoms with E-state index in [1.54, 1.807) is 0 Å². The zero-order chi connectivity index (χ0) is 10.8. The topological polar surface area (TPSA) is 33.2 Å². The van der Waals surface area contributed by atoms with Gasteiger partial charge in [-0.25, -0.2) is 4.98 Å². The molecule has 0 spiro atoms. The number of hydrogen-bond donors (Lipinski definition) is 0. The first kappa shape index (κ1) is 10.8. The van der Waals surface area contributed by atoms with Gasteiger partial charge in [0.2, 0.25) is 0 Å². The number of carbonyl (C=O) groups is 1. The van der Waals surface area contributed by atoms with Gasteiger partial charge < -0.3 is 4.90 Å². The number of likely N-dealkylation sites (N-methyl/N-ethyl adjacent to an activating group) is 1. The molecule has 1 aromatic rings. The van der Waals surface area contributed by atoms with Gasteiger partial charge >= 0.3 is 0 Å². The number of piperidine rings is 1. The minimum atomic E-state index is 0.522. The third kappa shape index (κ3) is 2.26. The van der Waals surface area contributed by atoms with E-state index in [4.69, 9.17) is 0 Å². The van der Waals surface area contributed by atoms with Crippen LogP contribution in [-0.4, -0.2) is 36.3 Å². The van der Waals surface area contributed by atoms with E-state index in [0.29, 0.717) is 10.9 Å². The second-order valence-electron chi connectivity index (χ2n) is 4.21. The number of aldehydes is 1. The van der Waals surface area contributed by atoms with Crippen molar-refractivity contribution in [1.82, 2.24) is 9.88 Å². The summed E-state index contributed by atoms with van der Waals surface area (Å²) in [6.45, 7) is 4.32. The molecule has 1 saturated heterocycles. The van der Waals surface area contributed by atoms with Crippen molar-refractivity contribution in [2.24, 2.45) is 0 Å². The first-order valence-electron chi connectivity index (χ1n) is 5.31. The molecule has 2 rings (SSSR count). The van der Waals surface area contributed by atoms with Gasteiger partial charge in [0.1, 0.15) is 0 Å². The number of hydrogen-bond acceptors (Lipinski definition) is 4. The zero-order valence-electron chi connectivity index (χ0n) is 9.19. The van der Waals surface area contributed by atoms with Gasteiger partial charge in [0.15, 0.2) is 11.3 Å². The average molecular weight is 224 g/mol. The lowest BCUT2D eigenvalue weighted by atomic mass is 9.94. The SMILES string of the molecule is Cc1sc(C=O)nc1C1CCCN(C)C1. The fourth-order valence-electron chi connectivity index (χ4n) is 2.25. The summed E-state index contributed by atoms with van der Waals surface area (Å²) in [4.78, 5) is 18.6. The summed E-state index contributed by atoms with van der Waals surface area (Å²) >= 11 is 1.51. The molecule has 3 nitrogen and oxygen atoms in total. The zero-order valence-corrected chi connectivity index (χ0v) is 10.0. The molecule has 82 valence electrons. The quantitative estimate of drug-likeness (QED) is 0.721. The standard InChI is InChI=1S/C11H16N2OS/c1-8-11(12-10(7-14)15-8)9-4-3-5-13(2)6-9/h7,9H,3-6H2,1-2H3. The van der Waals surface area contributed by atoms with Crippen molar-refractivity contribution in [3.05, 3.63) is 15.6 Å². The highest BCUT2D eigenvalue weighted by Crippen LogP contribution is 2.30. The molecule has 1 aliphatic heterocycles. The summed E-state index contributed by atoms with van der Waals surface area (Å²) in [6.07, 6.45) is 3.29. The van der Waals surface area contributed by atoms with Gasteiger partial charge in [-0.3, -0.25) is 4.79 Å². The molecule has 15 heavy (non-hydrogen) atoms. The van der Waals surface area contributed by atoms with E-state index in [1.807, 2.05) is 0 Å². The fraction of sp³-hybridized carbons (Fsp3) is 0.636. The molecule has 0 aliphatic carbocycles. The Morgan fingerprint density at radius 3 is 3.00 bits per heavy atom. The molecule has 0 amide bonds. The Balaban J connectivity index is 2.20. The van der Waals surface area contributed by atoms with Crippen molar-refractivity contribution in [3.8, 4) is 0 Å². The first-order chi connectivity index (χ1) is 7.20. The lowest BCUT2D eigenvalue weighted by molar-refractivity contribution is 0.112. The Bertz CT molecular complexity index is 361. The molecule has 1 aliphatic rings. The maximum atomic E-state index is 10.7. The van der Waals surface area contributed by atoms with E-state index in [1.165, 1.54) is 35.6 Å². The minimum absolute atomic E-state index is 0.522. The van der Waals surface area contributed by atoms with E-state index in [9.17, 15) is 4.79 Å². The third-order valence-electron chi connectivity index (χ3n) is 2.96. The first-order valence-corrected chi connectivity index (χ1v) is 6.13. The number of aryl methyl sites for hydroxylation is 1. The van der Waals surface area contributed by atoms with Gasteiger partial charge in [-0.1, -0.05) is 0 Å².